The Morgan fingerprint density at radius 1 is 1.21 bits per heavy atom. The summed E-state index contributed by atoms with van der Waals surface area (Å²) in [5, 5.41) is 0. The molecule has 2 aromatic rings. The Kier molecular flexibility index (Phi) is 7.39. The molecule has 0 amide bonds. The van der Waals surface area contributed by atoms with E-state index in [0.717, 1.165) is 12.1 Å². The fourth-order valence-electron chi connectivity index (χ4n) is 2.03. The van der Waals surface area contributed by atoms with Crippen molar-refractivity contribution in [2.45, 2.75) is 13.1 Å². The second-order valence-electron chi connectivity index (χ2n) is 5.32. The molecule has 0 atom stereocenters. The number of hydrogen-bond donors (Lipinski definition) is 0. The second kappa shape index (κ2) is 9.75. The third-order valence-electron chi connectivity index (χ3n) is 3.29. The number of carbonyl (C=O) groups excluding carboxylic acids is 1. The van der Waals surface area contributed by atoms with Gasteiger partial charge in [0, 0.05) is 37.1 Å². The minimum atomic E-state index is -4.49. The molecular weight excluding hydrogens is 379 g/mol. The van der Waals surface area contributed by atoms with Gasteiger partial charge in [0.05, 0.1) is 12.2 Å². The molecule has 0 aliphatic heterocycles. The first-order chi connectivity index (χ1) is 13.3. The van der Waals surface area contributed by atoms with Crippen molar-refractivity contribution in [3.05, 3.63) is 53.7 Å². The zero-order valence-corrected chi connectivity index (χ0v) is 15.2. The maximum absolute atomic E-state index is 12.7. The number of pyridine rings is 1. The Morgan fingerprint density at radius 3 is 2.61 bits per heavy atom. The van der Waals surface area contributed by atoms with Crippen LogP contribution in [0.2, 0.25) is 0 Å². The summed E-state index contributed by atoms with van der Waals surface area (Å²) in [6, 6.07) is 6.70. The molecule has 9 heteroatoms. The molecule has 0 aliphatic rings. The van der Waals surface area contributed by atoms with Crippen LogP contribution in [0.15, 0.2) is 42.6 Å². The Hall–Kier alpha value is -3.07. The minimum Gasteiger partial charge on any atom is -0.467 e. The van der Waals surface area contributed by atoms with E-state index in [4.69, 9.17) is 18.9 Å². The SMILES string of the molecule is CCOC(=O)C=Cc1ccc(OCOC)cc1Oc1ccc(C(F)(F)F)cn1. The lowest BCUT2D eigenvalue weighted by atomic mass is 10.1. The lowest BCUT2D eigenvalue weighted by Gasteiger charge is -2.12. The molecule has 2 rings (SSSR count). The van der Waals surface area contributed by atoms with E-state index < -0.39 is 17.7 Å². The van der Waals surface area contributed by atoms with E-state index in [-0.39, 0.29) is 25.0 Å². The van der Waals surface area contributed by atoms with Gasteiger partial charge in [-0.3, -0.25) is 0 Å². The number of methoxy groups -OCH3 is 1. The molecule has 28 heavy (non-hydrogen) atoms. The van der Waals surface area contributed by atoms with Crippen LogP contribution in [0.5, 0.6) is 17.4 Å². The number of benzene rings is 1. The Labute approximate surface area is 159 Å². The monoisotopic (exact) mass is 397 g/mol. The molecule has 0 bridgehead atoms. The third-order valence-corrected chi connectivity index (χ3v) is 3.29. The van der Waals surface area contributed by atoms with E-state index in [9.17, 15) is 18.0 Å². The molecular formula is C19H18F3NO5. The Morgan fingerprint density at radius 2 is 2.00 bits per heavy atom. The highest BCUT2D eigenvalue weighted by Crippen LogP contribution is 2.32. The minimum absolute atomic E-state index is 0.00399. The van der Waals surface area contributed by atoms with E-state index in [2.05, 4.69) is 4.98 Å². The molecule has 0 radical (unpaired) electrons. The van der Waals surface area contributed by atoms with Crippen LogP contribution in [0.1, 0.15) is 18.1 Å². The number of alkyl halides is 3. The maximum Gasteiger partial charge on any atom is 0.417 e. The number of hydrogen-bond acceptors (Lipinski definition) is 6. The zero-order valence-electron chi connectivity index (χ0n) is 15.2. The van der Waals surface area contributed by atoms with Crippen molar-refractivity contribution in [3.8, 4) is 17.4 Å². The lowest BCUT2D eigenvalue weighted by molar-refractivity contribution is -0.138. The second-order valence-corrected chi connectivity index (χ2v) is 5.32. The molecule has 150 valence electrons. The van der Waals surface area contributed by atoms with E-state index in [0.29, 0.717) is 17.5 Å². The standard InChI is InChI=1S/C19H18F3NO5/c1-3-26-18(24)9-5-13-4-7-15(27-12-25-2)10-16(13)28-17-8-6-14(11-23-17)19(20,21)22/h4-11H,3,12H2,1-2H3. The predicted octanol–water partition coefficient (Wildman–Crippen LogP) is 4.45. The van der Waals surface area contributed by atoms with Crippen LogP contribution >= 0.6 is 0 Å². The van der Waals surface area contributed by atoms with E-state index in [1.54, 1.807) is 19.1 Å². The van der Waals surface area contributed by atoms with Gasteiger partial charge < -0.3 is 18.9 Å². The van der Waals surface area contributed by atoms with Crippen LogP contribution in [-0.4, -0.2) is 31.5 Å². The summed E-state index contributed by atoms with van der Waals surface area (Å²) in [4.78, 5) is 15.2. The van der Waals surface area contributed by atoms with Crippen LogP contribution in [0.25, 0.3) is 6.08 Å². The molecule has 6 nitrogen and oxygen atoms in total. The van der Waals surface area contributed by atoms with Crippen LogP contribution < -0.4 is 9.47 Å². The van der Waals surface area contributed by atoms with Crippen LogP contribution in [0.3, 0.4) is 0 Å². The van der Waals surface area contributed by atoms with Crippen LogP contribution in [0.4, 0.5) is 13.2 Å². The highest BCUT2D eigenvalue weighted by atomic mass is 19.4. The number of esters is 1. The van der Waals surface area contributed by atoms with Crippen LogP contribution in [-0.2, 0) is 20.4 Å². The average molecular weight is 397 g/mol. The molecule has 0 saturated heterocycles. The number of halogens is 3. The van der Waals surface area contributed by atoms with Gasteiger partial charge in [0.2, 0.25) is 5.88 Å². The number of carbonyl (C=O) groups is 1. The predicted molar refractivity (Wildman–Crippen MR) is 93.9 cm³/mol. The smallest absolute Gasteiger partial charge is 0.417 e. The van der Waals surface area contributed by atoms with Gasteiger partial charge in [0.1, 0.15) is 11.5 Å². The Bertz CT molecular complexity index is 819. The molecule has 1 heterocycles. The molecule has 1 aromatic heterocycles. The average Bonchev–Trinajstić information content (AvgIpc) is 2.65. The van der Waals surface area contributed by atoms with Gasteiger partial charge in [-0.15, -0.1) is 0 Å². The number of rotatable bonds is 8. The van der Waals surface area contributed by atoms with Gasteiger partial charge in [0.15, 0.2) is 6.79 Å². The fourth-order valence-corrected chi connectivity index (χ4v) is 2.03. The van der Waals surface area contributed by atoms with Crippen molar-refractivity contribution in [2.75, 3.05) is 20.5 Å². The maximum atomic E-state index is 12.7. The first-order valence-electron chi connectivity index (χ1n) is 8.15. The van der Waals surface area contributed by atoms with Gasteiger partial charge in [-0.2, -0.15) is 13.2 Å². The molecule has 0 saturated carbocycles. The summed E-state index contributed by atoms with van der Waals surface area (Å²) in [6.07, 6.45) is -1.15. The van der Waals surface area contributed by atoms with E-state index >= 15 is 0 Å². The van der Waals surface area contributed by atoms with E-state index in [1.165, 1.54) is 25.3 Å². The van der Waals surface area contributed by atoms with Crippen molar-refractivity contribution in [3.63, 3.8) is 0 Å². The summed E-state index contributed by atoms with van der Waals surface area (Å²) in [5.41, 5.74) is -0.418. The van der Waals surface area contributed by atoms with Gasteiger partial charge in [0.25, 0.3) is 0 Å². The third kappa shape index (κ3) is 6.27. The summed E-state index contributed by atoms with van der Waals surface area (Å²) in [5.74, 6) is 0.0296. The van der Waals surface area contributed by atoms with Crippen molar-refractivity contribution < 1.29 is 36.9 Å². The van der Waals surface area contributed by atoms with Gasteiger partial charge in [-0.05, 0) is 31.2 Å². The number of ether oxygens (including phenoxy) is 4. The summed E-state index contributed by atoms with van der Waals surface area (Å²) < 4.78 is 58.5. The first kappa shape index (κ1) is 21.2. The normalized spacial score (nSPS) is 11.5. The van der Waals surface area contributed by atoms with Gasteiger partial charge in [-0.1, -0.05) is 0 Å². The Balaban J connectivity index is 2.28. The molecule has 0 fully saturated rings. The highest BCUT2D eigenvalue weighted by Gasteiger charge is 2.30. The topological polar surface area (TPSA) is 66.9 Å². The van der Waals surface area contributed by atoms with Gasteiger partial charge >= 0.3 is 12.1 Å². The molecule has 0 unspecified atom stereocenters. The van der Waals surface area contributed by atoms with Crippen molar-refractivity contribution in [1.82, 2.24) is 4.98 Å². The summed E-state index contributed by atoms with van der Waals surface area (Å²) in [6.45, 7) is 1.90. The molecule has 0 spiro atoms. The molecule has 0 aliphatic carbocycles. The zero-order chi connectivity index (χ0) is 20.6. The van der Waals surface area contributed by atoms with Crippen LogP contribution in [0, 0.1) is 0 Å². The van der Waals surface area contributed by atoms with E-state index in [1.807, 2.05) is 0 Å². The molecule has 0 N–H and O–H groups in total. The lowest BCUT2D eigenvalue weighted by Crippen LogP contribution is -2.05. The fraction of sp³-hybridized carbons (Fsp3) is 0.263. The van der Waals surface area contributed by atoms with Crippen molar-refractivity contribution >= 4 is 12.0 Å². The highest BCUT2D eigenvalue weighted by molar-refractivity contribution is 5.87. The first-order valence-corrected chi connectivity index (χ1v) is 8.15. The molecule has 1 aromatic carbocycles. The largest absolute Gasteiger partial charge is 0.467 e. The number of nitrogens with zero attached hydrogens (tertiary/aromatic N) is 1. The van der Waals surface area contributed by atoms with Crippen molar-refractivity contribution in [2.24, 2.45) is 0 Å². The quantitative estimate of drug-likeness (QED) is 0.372. The number of aromatic nitrogens is 1. The van der Waals surface area contributed by atoms with Crippen molar-refractivity contribution in [1.29, 1.82) is 0 Å². The summed E-state index contributed by atoms with van der Waals surface area (Å²) >= 11 is 0. The van der Waals surface area contributed by atoms with Gasteiger partial charge in [-0.25, -0.2) is 9.78 Å². The summed E-state index contributed by atoms with van der Waals surface area (Å²) in [7, 11) is 1.46.